The molecule has 1 aliphatic heterocycles. The van der Waals surface area contributed by atoms with Gasteiger partial charge in [-0.2, -0.15) is 5.21 Å². The molecule has 10 heteroatoms. The smallest absolute Gasteiger partial charge is 0.257 e. The molecule has 172 valence electrons. The van der Waals surface area contributed by atoms with Crippen LogP contribution in [0.15, 0.2) is 60.8 Å². The number of nitrogens with zero attached hydrogens (tertiary/aromatic N) is 4. The Morgan fingerprint density at radius 1 is 1.12 bits per heavy atom. The number of benzene rings is 2. The highest BCUT2D eigenvalue weighted by molar-refractivity contribution is 5.96. The quantitative estimate of drug-likeness (QED) is 0.432. The number of tetrazole rings is 1. The van der Waals surface area contributed by atoms with Crippen molar-refractivity contribution in [3.8, 4) is 23.1 Å². The fourth-order valence-corrected chi connectivity index (χ4v) is 3.57. The molecular weight excluding hydrogens is 436 g/mol. The van der Waals surface area contributed by atoms with Crippen LogP contribution in [-0.2, 0) is 12.0 Å². The predicted octanol–water partition coefficient (Wildman–Crippen LogP) is 3.37. The summed E-state index contributed by atoms with van der Waals surface area (Å²) in [5.74, 6) is 2.26. The molecule has 1 aliphatic rings. The Balaban J connectivity index is 1.25. The van der Waals surface area contributed by atoms with E-state index in [-0.39, 0.29) is 18.6 Å². The molecule has 1 amide bonds. The molecule has 4 aromatic rings. The largest absolute Gasteiger partial charge is 0.454 e. The van der Waals surface area contributed by atoms with Gasteiger partial charge in [-0.3, -0.25) is 4.79 Å². The van der Waals surface area contributed by atoms with Crippen LogP contribution in [0.25, 0.3) is 0 Å². The first kappa shape index (κ1) is 21.4. The molecule has 0 fully saturated rings. The SMILES string of the molecule is CC(C)(c1ccc(CNC(=O)c2cccnc2Oc2ccc3c(c2)OCO3)cc1)c1nn[nH]n1. The molecule has 10 nitrogen and oxygen atoms in total. The summed E-state index contributed by atoms with van der Waals surface area (Å²) in [5.41, 5.74) is 1.92. The van der Waals surface area contributed by atoms with Gasteiger partial charge in [0.05, 0.1) is 5.41 Å². The lowest BCUT2D eigenvalue weighted by Crippen LogP contribution is -2.24. The monoisotopic (exact) mass is 458 g/mol. The van der Waals surface area contributed by atoms with Gasteiger partial charge in [-0.05, 0) is 49.2 Å². The number of H-pyrrole nitrogens is 1. The lowest BCUT2D eigenvalue weighted by molar-refractivity contribution is 0.0948. The number of ether oxygens (including phenoxy) is 3. The summed E-state index contributed by atoms with van der Waals surface area (Å²) in [6.45, 7) is 4.57. The number of pyridine rings is 1. The highest BCUT2D eigenvalue weighted by Crippen LogP contribution is 2.36. The second-order valence-corrected chi connectivity index (χ2v) is 8.21. The van der Waals surface area contributed by atoms with Gasteiger partial charge in [0.1, 0.15) is 11.3 Å². The third-order valence-electron chi connectivity index (χ3n) is 5.61. The number of hydrogen-bond acceptors (Lipinski definition) is 8. The van der Waals surface area contributed by atoms with Gasteiger partial charge >= 0.3 is 0 Å². The van der Waals surface area contributed by atoms with Crippen LogP contribution < -0.4 is 19.5 Å². The van der Waals surface area contributed by atoms with Crippen molar-refractivity contribution in [2.75, 3.05) is 6.79 Å². The van der Waals surface area contributed by atoms with Crippen molar-refractivity contribution >= 4 is 5.91 Å². The van der Waals surface area contributed by atoms with Crippen LogP contribution >= 0.6 is 0 Å². The number of aromatic nitrogens is 5. The van der Waals surface area contributed by atoms with Crippen LogP contribution in [0.1, 0.15) is 41.2 Å². The maximum atomic E-state index is 12.9. The molecule has 2 aromatic carbocycles. The van der Waals surface area contributed by atoms with Crippen molar-refractivity contribution in [1.29, 1.82) is 0 Å². The Bertz CT molecular complexity index is 1310. The van der Waals surface area contributed by atoms with Crippen LogP contribution in [0.4, 0.5) is 0 Å². The molecule has 0 radical (unpaired) electrons. The van der Waals surface area contributed by atoms with Gasteiger partial charge < -0.3 is 19.5 Å². The molecule has 0 saturated heterocycles. The summed E-state index contributed by atoms with van der Waals surface area (Å²) in [7, 11) is 0. The molecule has 0 spiro atoms. The molecule has 0 atom stereocenters. The summed E-state index contributed by atoms with van der Waals surface area (Å²) in [6, 6.07) is 16.5. The molecular formula is C24H22N6O4. The summed E-state index contributed by atoms with van der Waals surface area (Å²) < 4.78 is 16.6. The van der Waals surface area contributed by atoms with Crippen molar-refractivity contribution in [2.24, 2.45) is 0 Å². The molecule has 34 heavy (non-hydrogen) atoms. The Hall–Kier alpha value is -4.47. The first-order chi connectivity index (χ1) is 16.5. The van der Waals surface area contributed by atoms with E-state index in [1.54, 1.807) is 36.5 Å². The van der Waals surface area contributed by atoms with E-state index in [1.807, 2.05) is 38.1 Å². The van der Waals surface area contributed by atoms with E-state index < -0.39 is 5.41 Å². The fourth-order valence-electron chi connectivity index (χ4n) is 3.57. The van der Waals surface area contributed by atoms with Crippen LogP contribution in [0, 0.1) is 0 Å². The molecule has 0 unspecified atom stereocenters. The van der Waals surface area contributed by atoms with Crippen molar-refractivity contribution < 1.29 is 19.0 Å². The van der Waals surface area contributed by atoms with E-state index in [2.05, 4.69) is 30.9 Å². The van der Waals surface area contributed by atoms with E-state index in [0.717, 1.165) is 11.1 Å². The average Bonchev–Trinajstić information content (AvgIpc) is 3.56. The Kier molecular flexibility index (Phi) is 5.54. The number of aromatic amines is 1. The first-order valence-electron chi connectivity index (χ1n) is 10.6. The zero-order valence-corrected chi connectivity index (χ0v) is 18.6. The van der Waals surface area contributed by atoms with Crippen molar-refractivity contribution in [2.45, 2.75) is 25.8 Å². The topological polar surface area (TPSA) is 124 Å². The number of rotatable bonds is 7. The lowest BCUT2D eigenvalue weighted by atomic mass is 9.83. The minimum absolute atomic E-state index is 0.172. The predicted molar refractivity (Wildman–Crippen MR) is 121 cm³/mol. The summed E-state index contributed by atoms with van der Waals surface area (Å²) >= 11 is 0. The standard InChI is InChI=1S/C24H22N6O4/c1-24(2,23-27-29-30-28-23)16-7-5-15(6-8-16)13-26-21(31)18-4-3-11-25-22(18)34-17-9-10-19-20(12-17)33-14-32-19/h3-12H,13-14H2,1-2H3,(H,26,31)(H,27,28,29,30). The minimum atomic E-state index is -0.397. The molecule has 0 aliphatic carbocycles. The van der Waals surface area contributed by atoms with E-state index in [4.69, 9.17) is 14.2 Å². The van der Waals surface area contributed by atoms with Crippen molar-refractivity contribution in [1.82, 2.24) is 30.9 Å². The van der Waals surface area contributed by atoms with Gasteiger partial charge in [0.25, 0.3) is 5.91 Å². The minimum Gasteiger partial charge on any atom is -0.454 e. The normalized spacial score (nSPS) is 12.4. The maximum absolute atomic E-state index is 12.9. The van der Waals surface area contributed by atoms with Gasteiger partial charge in [-0.15, -0.1) is 10.2 Å². The van der Waals surface area contributed by atoms with Crippen molar-refractivity contribution in [3.05, 3.63) is 83.3 Å². The van der Waals surface area contributed by atoms with Gasteiger partial charge in [-0.1, -0.05) is 29.5 Å². The highest BCUT2D eigenvalue weighted by atomic mass is 16.7. The third kappa shape index (κ3) is 4.25. The molecule has 0 saturated carbocycles. The lowest BCUT2D eigenvalue weighted by Gasteiger charge is -2.21. The number of nitrogens with one attached hydrogen (secondary N) is 2. The summed E-state index contributed by atoms with van der Waals surface area (Å²) in [6.07, 6.45) is 1.57. The maximum Gasteiger partial charge on any atom is 0.257 e. The van der Waals surface area contributed by atoms with Gasteiger partial charge in [-0.25, -0.2) is 4.98 Å². The van der Waals surface area contributed by atoms with Gasteiger partial charge in [0.2, 0.25) is 12.7 Å². The number of fused-ring (bicyclic) bond motifs is 1. The zero-order valence-electron chi connectivity index (χ0n) is 18.6. The molecule has 3 heterocycles. The van der Waals surface area contributed by atoms with Crippen LogP contribution in [0.5, 0.6) is 23.1 Å². The fraction of sp³-hybridized carbons (Fsp3) is 0.208. The molecule has 2 N–H and O–H groups in total. The highest BCUT2D eigenvalue weighted by Gasteiger charge is 2.27. The summed E-state index contributed by atoms with van der Waals surface area (Å²) in [5, 5.41) is 17.3. The van der Waals surface area contributed by atoms with Crippen molar-refractivity contribution in [3.63, 3.8) is 0 Å². The van der Waals surface area contributed by atoms with Crippen LogP contribution in [0.2, 0.25) is 0 Å². The van der Waals surface area contributed by atoms with Gasteiger partial charge in [0.15, 0.2) is 17.3 Å². The molecule has 2 aromatic heterocycles. The molecule has 5 rings (SSSR count). The van der Waals surface area contributed by atoms with Crippen LogP contribution in [-0.4, -0.2) is 38.3 Å². The first-order valence-corrected chi connectivity index (χ1v) is 10.6. The summed E-state index contributed by atoms with van der Waals surface area (Å²) in [4.78, 5) is 17.1. The zero-order chi connectivity index (χ0) is 23.5. The second-order valence-electron chi connectivity index (χ2n) is 8.21. The van der Waals surface area contributed by atoms with Crippen LogP contribution in [0.3, 0.4) is 0 Å². The number of amides is 1. The van der Waals surface area contributed by atoms with E-state index >= 15 is 0 Å². The second kappa shape index (κ2) is 8.81. The number of carbonyl (C=O) groups excluding carboxylic acids is 1. The third-order valence-corrected chi connectivity index (χ3v) is 5.61. The molecule has 0 bridgehead atoms. The van der Waals surface area contributed by atoms with E-state index in [0.29, 0.717) is 35.2 Å². The number of hydrogen-bond donors (Lipinski definition) is 2. The Morgan fingerprint density at radius 3 is 2.74 bits per heavy atom. The van der Waals surface area contributed by atoms with E-state index in [9.17, 15) is 4.79 Å². The number of carbonyl (C=O) groups is 1. The average molecular weight is 458 g/mol. The van der Waals surface area contributed by atoms with Gasteiger partial charge in [0, 0.05) is 18.8 Å². The Labute approximate surface area is 195 Å². The van der Waals surface area contributed by atoms with E-state index in [1.165, 1.54) is 0 Å². The Morgan fingerprint density at radius 2 is 1.94 bits per heavy atom.